The number of amides is 1. The van der Waals surface area contributed by atoms with E-state index in [1.807, 2.05) is 20.8 Å². The minimum Gasteiger partial charge on any atom is -0.444 e. The van der Waals surface area contributed by atoms with Crippen molar-refractivity contribution in [1.29, 1.82) is 5.26 Å². The van der Waals surface area contributed by atoms with Crippen LogP contribution in [-0.4, -0.2) is 40.9 Å². The van der Waals surface area contributed by atoms with Gasteiger partial charge >= 0.3 is 6.09 Å². The third kappa shape index (κ3) is 4.53. The van der Waals surface area contributed by atoms with Gasteiger partial charge in [0, 0.05) is 25.4 Å². The molecule has 0 aliphatic carbocycles. The average molecular weight is 254 g/mol. The molecule has 102 valence electrons. The molecule has 1 amide bonds. The first-order valence-corrected chi connectivity index (χ1v) is 6.36. The first-order valence-electron chi connectivity index (χ1n) is 6.36. The van der Waals surface area contributed by atoms with Gasteiger partial charge < -0.3 is 14.7 Å². The summed E-state index contributed by atoms with van der Waals surface area (Å²) >= 11 is 0. The fourth-order valence-electron chi connectivity index (χ4n) is 2.03. The van der Waals surface area contributed by atoms with Crippen LogP contribution in [0, 0.1) is 17.2 Å². The zero-order chi connectivity index (χ0) is 13.8. The molecule has 2 unspecified atom stereocenters. The van der Waals surface area contributed by atoms with Crippen molar-refractivity contribution in [2.75, 3.05) is 13.1 Å². The van der Waals surface area contributed by atoms with E-state index in [4.69, 9.17) is 10.00 Å². The number of nitrogens with zero attached hydrogens (tertiary/aromatic N) is 2. The lowest BCUT2D eigenvalue weighted by Gasteiger charge is -2.28. The zero-order valence-corrected chi connectivity index (χ0v) is 11.3. The Morgan fingerprint density at radius 1 is 1.56 bits per heavy atom. The van der Waals surface area contributed by atoms with Crippen molar-refractivity contribution >= 4 is 6.09 Å². The number of rotatable bonds is 1. The van der Waals surface area contributed by atoms with Gasteiger partial charge in [0.2, 0.25) is 0 Å². The molecule has 0 saturated carbocycles. The van der Waals surface area contributed by atoms with Crippen LogP contribution in [0.5, 0.6) is 0 Å². The van der Waals surface area contributed by atoms with Gasteiger partial charge in [-0.15, -0.1) is 0 Å². The maximum atomic E-state index is 12.0. The van der Waals surface area contributed by atoms with Crippen LogP contribution < -0.4 is 0 Å². The molecule has 1 saturated heterocycles. The predicted octanol–water partition coefficient (Wildman–Crippen LogP) is 1.91. The largest absolute Gasteiger partial charge is 0.444 e. The van der Waals surface area contributed by atoms with Crippen molar-refractivity contribution in [3.63, 3.8) is 0 Å². The first-order chi connectivity index (χ1) is 8.33. The number of hydrogen-bond acceptors (Lipinski definition) is 4. The number of carbonyl (C=O) groups excluding carboxylic acids is 1. The summed E-state index contributed by atoms with van der Waals surface area (Å²) in [5.41, 5.74) is -0.521. The molecular weight excluding hydrogens is 232 g/mol. The van der Waals surface area contributed by atoms with Gasteiger partial charge in [-0.1, -0.05) is 0 Å². The molecule has 5 nitrogen and oxygen atoms in total. The molecule has 1 rings (SSSR count). The number of ether oxygens (including phenoxy) is 1. The maximum Gasteiger partial charge on any atom is 0.410 e. The Morgan fingerprint density at radius 2 is 2.22 bits per heavy atom. The van der Waals surface area contributed by atoms with Gasteiger partial charge in [0.25, 0.3) is 0 Å². The normalized spacial score (nSPS) is 25.2. The zero-order valence-electron chi connectivity index (χ0n) is 11.3. The summed E-state index contributed by atoms with van der Waals surface area (Å²) < 4.78 is 5.32. The second kappa shape index (κ2) is 6.05. The van der Waals surface area contributed by atoms with Crippen molar-refractivity contribution in [3.05, 3.63) is 0 Å². The molecule has 1 fully saturated rings. The Kier molecular flexibility index (Phi) is 4.97. The quantitative estimate of drug-likeness (QED) is 0.775. The highest BCUT2D eigenvalue weighted by Crippen LogP contribution is 2.21. The monoisotopic (exact) mass is 254 g/mol. The highest BCUT2D eigenvalue weighted by Gasteiger charge is 2.30. The topological polar surface area (TPSA) is 73.6 Å². The Hall–Kier alpha value is -1.28. The van der Waals surface area contributed by atoms with Crippen molar-refractivity contribution in [3.8, 4) is 6.07 Å². The number of aliphatic hydroxyl groups is 1. The lowest BCUT2D eigenvalue weighted by molar-refractivity contribution is 0.0204. The molecule has 1 aliphatic rings. The molecule has 0 aromatic rings. The summed E-state index contributed by atoms with van der Waals surface area (Å²) in [6.07, 6.45) is 0.769. The first kappa shape index (κ1) is 14.8. The molecule has 0 spiro atoms. The van der Waals surface area contributed by atoms with Gasteiger partial charge in [-0.25, -0.2) is 4.79 Å². The molecule has 2 atom stereocenters. The molecule has 5 heteroatoms. The molecule has 0 radical (unpaired) electrons. The standard InChI is InChI=1S/C13H22N2O3/c1-13(2,3)18-12(17)15-8-4-5-11(16)10(9-15)6-7-14/h10-11,16H,4-6,8-9H2,1-3H3. The fraction of sp³-hybridized carbons (Fsp3) is 0.846. The third-order valence-electron chi connectivity index (χ3n) is 2.93. The van der Waals surface area contributed by atoms with Crippen molar-refractivity contribution in [2.24, 2.45) is 5.92 Å². The third-order valence-corrected chi connectivity index (χ3v) is 2.93. The summed E-state index contributed by atoms with van der Waals surface area (Å²) in [7, 11) is 0. The summed E-state index contributed by atoms with van der Waals surface area (Å²) in [6.45, 7) is 6.44. The lowest BCUT2D eigenvalue weighted by Crippen LogP contribution is -2.40. The van der Waals surface area contributed by atoms with Gasteiger partial charge in [-0.3, -0.25) is 0 Å². The van der Waals surface area contributed by atoms with E-state index in [1.165, 1.54) is 0 Å². The predicted molar refractivity (Wildman–Crippen MR) is 66.8 cm³/mol. The van der Waals surface area contributed by atoms with E-state index in [2.05, 4.69) is 6.07 Å². The van der Waals surface area contributed by atoms with Crippen LogP contribution in [0.1, 0.15) is 40.0 Å². The number of nitriles is 1. The summed E-state index contributed by atoms with van der Waals surface area (Å²) in [4.78, 5) is 13.6. The molecular formula is C13H22N2O3. The van der Waals surface area contributed by atoms with E-state index in [0.29, 0.717) is 19.5 Å². The van der Waals surface area contributed by atoms with Crippen LogP contribution in [0.3, 0.4) is 0 Å². The van der Waals surface area contributed by atoms with Crippen LogP contribution >= 0.6 is 0 Å². The van der Waals surface area contributed by atoms with Crippen LogP contribution in [0.15, 0.2) is 0 Å². The van der Waals surface area contributed by atoms with E-state index in [-0.39, 0.29) is 18.4 Å². The molecule has 0 aromatic heterocycles. The van der Waals surface area contributed by atoms with Crippen molar-refractivity contribution < 1.29 is 14.6 Å². The number of likely N-dealkylation sites (tertiary alicyclic amines) is 1. The SMILES string of the molecule is CC(C)(C)OC(=O)N1CCCC(O)C(CC#N)C1. The molecule has 0 aromatic carbocycles. The van der Waals surface area contributed by atoms with Gasteiger partial charge in [-0.2, -0.15) is 5.26 Å². The second-order valence-electron chi connectivity index (χ2n) is 5.76. The van der Waals surface area contributed by atoms with Gasteiger partial charge in [0.1, 0.15) is 5.60 Å². The summed E-state index contributed by atoms with van der Waals surface area (Å²) in [5, 5.41) is 18.6. The Bertz CT molecular complexity index is 330. The summed E-state index contributed by atoms with van der Waals surface area (Å²) in [6, 6.07) is 2.06. The Balaban J connectivity index is 2.65. The van der Waals surface area contributed by atoms with E-state index in [9.17, 15) is 9.90 Å². The molecule has 18 heavy (non-hydrogen) atoms. The van der Waals surface area contributed by atoms with E-state index in [1.54, 1.807) is 4.90 Å². The lowest BCUT2D eigenvalue weighted by atomic mass is 9.97. The van der Waals surface area contributed by atoms with Gasteiger partial charge in [-0.05, 0) is 33.6 Å². The smallest absolute Gasteiger partial charge is 0.410 e. The Morgan fingerprint density at radius 3 is 2.78 bits per heavy atom. The second-order valence-corrected chi connectivity index (χ2v) is 5.76. The summed E-state index contributed by atoms with van der Waals surface area (Å²) in [5.74, 6) is -0.176. The van der Waals surface area contributed by atoms with Crippen LogP contribution in [0.2, 0.25) is 0 Å². The van der Waals surface area contributed by atoms with Crippen LogP contribution in [-0.2, 0) is 4.74 Å². The number of aliphatic hydroxyl groups excluding tert-OH is 1. The minimum absolute atomic E-state index is 0.176. The molecule has 1 heterocycles. The highest BCUT2D eigenvalue weighted by atomic mass is 16.6. The van der Waals surface area contributed by atoms with Crippen molar-refractivity contribution in [2.45, 2.75) is 51.7 Å². The van der Waals surface area contributed by atoms with Gasteiger partial charge in [0.05, 0.1) is 12.2 Å². The van der Waals surface area contributed by atoms with E-state index in [0.717, 1.165) is 6.42 Å². The Labute approximate surface area is 108 Å². The maximum absolute atomic E-state index is 12.0. The average Bonchev–Trinajstić information content (AvgIpc) is 2.40. The van der Waals surface area contributed by atoms with Crippen LogP contribution in [0.4, 0.5) is 4.79 Å². The minimum atomic E-state index is -0.521. The molecule has 1 aliphatic heterocycles. The molecule has 0 bridgehead atoms. The fourth-order valence-corrected chi connectivity index (χ4v) is 2.03. The highest BCUT2D eigenvalue weighted by molar-refractivity contribution is 5.68. The van der Waals surface area contributed by atoms with E-state index < -0.39 is 11.7 Å². The van der Waals surface area contributed by atoms with E-state index >= 15 is 0 Å². The van der Waals surface area contributed by atoms with Crippen molar-refractivity contribution in [1.82, 2.24) is 4.90 Å². The van der Waals surface area contributed by atoms with Gasteiger partial charge in [0.15, 0.2) is 0 Å². The molecule has 1 N–H and O–H groups in total. The number of carbonyl (C=O) groups is 1. The number of hydrogen-bond donors (Lipinski definition) is 1. The van der Waals surface area contributed by atoms with Crippen LogP contribution in [0.25, 0.3) is 0 Å².